The molecule has 0 N–H and O–H groups in total. The Balaban J connectivity index is 1.53. The molecule has 4 heteroatoms. The number of hydrogen-bond acceptors (Lipinski definition) is 3. The van der Waals surface area contributed by atoms with Crippen molar-refractivity contribution < 1.29 is 0 Å². The first-order valence-electron chi connectivity index (χ1n) is 8.62. The molecule has 0 atom stereocenters. The predicted octanol–water partition coefficient (Wildman–Crippen LogP) is 5.07. The highest BCUT2D eigenvalue weighted by atomic mass is 32.2. The number of aromatic nitrogens is 2. The smallest absolute Gasteiger partial charge is 0.0708 e. The lowest BCUT2D eigenvalue weighted by atomic mass is 10.0. The molecule has 0 amide bonds. The van der Waals surface area contributed by atoms with Gasteiger partial charge in [-0.3, -0.25) is 4.68 Å². The molecule has 2 aliphatic rings. The minimum Gasteiger partial charge on any atom is -0.343 e. The van der Waals surface area contributed by atoms with Crippen LogP contribution in [0.5, 0.6) is 0 Å². The highest BCUT2D eigenvalue weighted by Crippen LogP contribution is 2.48. The standard InChI is InChI=1S/C22H18N3S/c1-24-18-9-5-6-10-21(18)26-22-13-16(11-12-19(22)24)20-14-17(23-25(20)2)15-7-3-4-8-15/h3-14H,1-2H3. The summed E-state index contributed by atoms with van der Waals surface area (Å²) in [5.74, 6) is 1.16. The van der Waals surface area contributed by atoms with Crippen molar-refractivity contribution in [1.29, 1.82) is 0 Å². The van der Waals surface area contributed by atoms with E-state index >= 15 is 0 Å². The average molecular weight is 356 g/mol. The Morgan fingerprint density at radius 1 is 0.846 bits per heavy atom. The van der Waals surface area contributed by atoms with Crippen molar-refractivity contribution in [3.8, 4) is 11.3 Å². The van der Waals surface area contributed by atoms with E-state index in [2.05, 4.69) is 73.3 Å². The third-order valence-corrected chi connectivity index (χ3v) is 6.01. The van der Waals surface area contributed by atoms with Gasteiger partial charge in [-0.2, -0.15) is 5.10 Å². The van der Waals surface area contributed by atoms with Crippen LogP contribution in [0, 0.1) is 31.6 Å². The van der Waals surface area contributed by atoms with Crippen molar-refractivity contribution in [2.45, 2.75) is 9.79 Å². The summed E-state index contributed by atoms with van der Waals surface area (Å²) < 4.78 is 1.97. The first-order valence-corrected chi connectivity index (χ1v) is 9.43. The molecule has 26 heavy (non-hydrogen) atoms. The van der Waals surface area contributed by atoms with Gasteiger partial charge in [0.05, 0.1) is 22.8 Å². The number of anilines is 2. The van der Waals surface area contributed by atoms with Gasteiger partial charge in [-0.05, 0) is 56.0 Å². The van der Waals surface area contributed by atoms with Crippen molar-refractivity contribution in [3.05, 3.63) is 85.8 Å². The second kappa shape index (κ2) is 6.20. The summed E-state index contributed by atoms with van der Waals surface area (Å²) in [4.78, 5) is 4.84. The maximum atomic E-state index is 4.69. The zero-order valence-electron chi connectivity index (χ0n) is 14.7. The van der Waals surface area contributed by atoms with Gasteiger partial charge in [0.1, 0.15) is 0 Å². The van der Waals surface area contributed by atoms with Crippen molar-refractivity contribution in [3.63, 3.8) is 0 Å². The van der Waals surface area contributed by atoms with Crippen LogP contribution >= 0.6 is 11.8 Å². The van der Waals surface area contributed by atoms with Crippen LogP contribution < -0.4 is 4.90 Å². The lowest BCUT2D eigenvalue weighted by Crippen LogP contribution is -2.14. The van der Waals surface area contributed by atoms with E-state index < -0.39 is 0 Å². The first kappa shape index (κ1) is 16.0. The van der Waals surface area contributed by atoms with Crippen molar-refractivity contribution >= 4 is 23.1 Å². The van der Waals surface area contributed by atoms with Crippen molar-refractivity contribution in [2.75, 3.05) is 11.9 Å². The average Bonchev–Trinajstić information content (AvgIpc) is 3.31. The second-order valence-corrected chi connectivity index (χ2v) is 7.61. The molecule has 0 unspecified atom stereocenters. The van der Waals surface area contributed by atoms with Gasteiger partial charge in [0, 0.05) is 35.4 Å². The van der Waals surface area contributed by atoms with Crippen molar-refractivity contribution in [1.82, 2.24) is 9.78 Å². The van der Waals surface area contributed by atoms with Gasteiger partial charge < -0.3 is 4.90 Å². The summed E-state index contributed by atoms with van der Waals surface area (Å²) in [6.45, 7) is 0. The van der Waals surface area contributed by atoms with Gasteiger partial charge in [0.2, 0.25) is 0 Å². The third kappa shape index (κ3) is 2.55. The molecule has 0 spiro atoms. The highest BCUT2D eigenvalue weighted by molar-refractivity contribution is 7.99. The van der Waals surface area contributed by atoms with Crippen molar-refractivity contribution in [2.24, 2.45) is 7.05 Å². The van der Waals surface area contributed by atoms with Crippen LogP contribution in [-0.2, 0) is 7.05 Å². The summed E-state index contributed by atoms with van der Waals surface area (Å²) in [6, 6.07) is 17.4. The van der Waals surface area contributed by atoms with Gasteiger partial charge in [0.25, 0.3) is 0 Å². The number of rotatable bonds is 2. The predicted molar refractivity (Wildman–Crippen MR) is 107 cm³/mol. The molecule has 0 bridgehead atoms. The fraction of sp³-hybridized carbons (Fsp3) is 0.0909. The molecule has 5 rings (SSSR count). The molecular formula is C22H18N3S. The number of hydrogen-bond donors (Lipinski definition) is 0. The van der Waals surface area contributed by atoms with E-state index in [-0.39, 0.29) is 0 Å². The summed E-state index contributed by atoms with van der Waals surface area (Å²) in [5, 5.41) is 4.69. The molecule has 2 heterocycles. The van der Waals surface area contributed by atoms with Crippen LogP contribution in [0.2, 0.25) is 0 Å². The number of aryl methyl sites for hydroxylation is 1. The topological polar surface area (TPSA) is 21.1 Å². The fourth-order valence-electron chi connectivity index (χ4n) is 3.52. The van der Waals surface area contributed by atoms with E-state index in [1.807, 2.05) is 36.3 Å². The highest BCUT2D eigenvalue weighted by Gasteiger charge is 2.24. The van der Waals surface area contributed by atoms with E-state index in [9.17, 15) is 0 Å². The second-order valence-electron chi connectivity index (χ2n) is 6.52. The van der Waals surface area contributed by atoms with E-state index in [1.54, 1.807) is 0 Å². The summed E-state index contributed by atoms with van der Waals surface area (Å²) in [7, 11) is 4.14. The molecule has 1 aliphatic carbocycles. The van der Waals surface area contributed by atoms with Gasteiger partial charge in [-0.15, -0.1) is 0 Å². The lowest BCUT2D eigenvalue weighted by molar-refractivity contribution is 0.762. The first-order chi connectivity index (χ1) is 12.7. The van der Waals surface area contributed by atoms with Crippen LogP contribution in [0.1, 0.15) is 5.69 Å². The Hall–Kier alpha value is -2.20. The molecule has 0 saturated heterocycles. The van der Waals surface area contributed by atoms with Crippen LogP contribution in [0.15, 0.2) is 58.3 Å². The summed E-state index contributed by atoms with van der Waals surface area (Å²) >= 11 is 1.83. The summed E-state index contributed by atoms with van der Waals surface area (Å²) in [5.41, 5.74) is 5.84. The minimum atomic E-state index is 1.01. The Bertz CT molecular complexity index is 969. The molecule has 1 aromatic heterocycles. The van der Waals surface area contributed by atoms with Crippen LogP contribution in [0.25, 0.3) is 11.3 Å². The van der Waals surface area contributed by atoms with Crippen LogP contribution in [0.3, 0.4) is 0 Å². The maximum absolute atomic E-state index is 4.69. The SMILES string of the molecule is CN1c2ccccc2Sc2cc(-c3cc([C]4[CH][CH][CH][CH]4)nn3C)ccc21. The van der Waals surface area contributed by atoms with Gasteiger partial charge >= 0.3 is 0 Å². The molecule has 1 saturated carbocycles. The van der Waals surface area contributed by atoms with Gasteiger partial charge in [-0.1, -0.05) is 30.0 Å². The summed E-state index contributed by atoms with van der Waals surface area (Å²) in [6.07, 6.45) is 8.29. The molecule has 127 valence electrons. The molecule has 3 nitrogen and oxygen atoms in total. The molecule has 3 aromatic rings. The molecule has 1 fully saturated rings. The Kier molecular flexibility index (Phi) is 3.82. The van der Waals surface area contributed by atoms with E-state index in [0.717, 1.165) is 17.3 Å². The van der Waals surface area contributed by atoms with E-state index in [0.29, 0.717) is 0 Å². The number of fused-ring (bicyclic) bond motifs is 2. The Morgan fingerprint density at radius 3 is 2.46 bits per heavy atom. The number of benzene rings is 2. The zero-order chi connectivity index (χ0) is 17.7. The fourth-order valence-corrected chi connectivity index (χ4v) is 4.71. The maximum Gasteiger partial charge on any atom is 0.0708 e. The zero-order valence-corrected chi connectivity index (χ0v) is 15.5. The molecule has 2 aromatic carbocycles. The lowest BCUT2D eigenvalue weighted by Gasteiger charge is -2.29. The van der Waals surface area contributed by atoms with E-state index in [1.165, 1.54) is 26.7 Å². The van der Waals surface area contributed by atoms with Gasteiger partial charge in [0.15, 0.2) is 0 Å². The molecule has 1 aliphatic heterocycles. The van der Waals surface area contributed by atoms with Crippen LogP contribution in [-0.4, -0.2) is 16.8 Å². The van der Waals surface area contributed by atoms with Gasteiger partial charge in [-0.25, -0.2) is 0 Å². The van der Waals surface area contributed by atoms with E-state index in [4.69, 9.17) is 5.10 Å². The van der Waals surface area contributed by atoms with Crippen LogP contribution in [0.4, 0.5) is 11.4 Å². The normalized spacial score (nSPS) is 16.6. The largest absolute Gasteiger partial charge is 0.343 e. The molecule has 5 radical (unpaired) electrons. The monoisotopic (exact) mass is 356 g/mol. The molecular weight excluding hydrogens is 338 g/mol. The number of para-hydroxylation sites is 1. The Labute approximate surface area is 159 Å². The number of nitrogens with zero attached hydrogens (tertiary/aromatic N) is 3. The Morgan fingerprint density at radius 2 is 1.62 bits per heavy atom. The minimum absolute atomic E-state index is 1.01. The quantitative estimate of drug-likeness (QED) is 0.639. The third-order valence-electron chi connectivity index (χ3n) is 4.90.